The molecule has 4 aromatic rings. The van der Waals surface area contributed by atoms with E-state index in [1.807, 2.05) is 84.9 Å². The number of nitrogens with one attached hydrogen (secondary N) is 1. The molecule has 0 aliphatic rings. The highest BCUT2D eigenvalue weighted by Gasteiger charge is 2.15. The van der Waals surface area contributed by atoms with Crippen LogP contribution in [0.1, 0.15) is 6.92 Å². The van der Waals surface area contributed by atoms with E-state index in [1.165, 1.54) is 6.33 Å². The number of nitrogens with two attached hydrogens (primary N) is 1. The molecule has 3 aromatic carbocycles. The second-order valence-corrected chi connectivity index (χ2v) is 6.60. The maximum absolute atomic E-state index is 6.42. The van der Waals surface area contributed by atoms with Gasteiger partial charge >= 0.3 is 0 Å². The van der Waals surface area contributed by atoms with Crippen LogP contribution in [0.15, 0.2) is 91.3 Å². The fourth-order valence-electron chi connectivity index (χ4n) is 3.13. The Bertz CT molecular complexity index is 1090. The van der Waals surface area contributed by atoms with Gasteiger partial charge in [-0.05, 0) is 55.5 Å². The molecule has 1 aromatic heterocycles. The van der Waals surface area contributed by atoms with Crippen LogP contribution >= 0.6 is 0 Å². The van der Waals surface area contributed by atoms with Crippen molar-refractivity contribution in [2.24, 2.45) is 0 Å². The van der Waals surface area contributed by atoms with Crippen molar-refractivity contribution < 1.29 is 4.74 Å². The van der Waals surface area contributed by atoms with E-state index in [0.29, 0.717) is 17.3 Å². The second-order valence-electron chi connectivity index (χ2n) is 6.60. The molecule has 0 saturated carbocycles. The summed E-state index contributed by atoms with van der Waals surface area (Å²) in [5, 5.41) is 3.28. The molecule has 0 unspecified atom stereocenters. The molecule has 6 nitrogen and oxygen atoms in total. The molecule has 1 heterocycles. The van der Waals surface area contributed by atoms with Crippen LogP contribution in [0.2, 0.25) is 0 Å². The van der Waals surface area contributed by atoms with Gasteiger partial charge < -0.3 is 20.7 Å². The molecular weight excluding hydrogens is 374 g/mol. The molecule has 4 rings (SSSR count). The highest BCUT2D eigenvalue weighted by molar-refractivity contribution is 5.81. The molecule has 6 heteroatoms. The first-order valence-electron chi connectivity index (χ1n) is 9.77. The number of aromatic nitrogens is 2. The summed E-state index contributed by atoms with van der Waals surface area (Å²) in [5.74, 6) is 2.78. The van der Waals surface area contributed by atoms with Crippen molar-refractivity contribution in [3.8, 4) is 11.5 Å². The number of hydrogen-bond acceptors (Lipinski definition) is 6. The van der Waals surface area contributed by atoms with Crippen molar-refractivity contribution in [1.29, 1.82) is 0 Å². The lowest BCUT2D eigenvalue weighted by Gasteiger charge is -2.24. The summed E-state index contributed by atoms with van der Waals surface area (Å²) >= 11 is 0. The third-order valence-corrected chi connectivity index (χ3v) is 4.60. The van der Waals surface area contributed by atoms with Gasteiger partial charge in [-0.3, -0.25) is 0 Å². The van der Waals surface area contributed by atoms with Crippen molar-refractivity contribution >= 4 is 28.7 Å². The smallest absolute Gasteiger partial charge is 0.161 e. The summed E-state index contributed by atoms with van der Waals surface area (Å²) in [6.07, 6.45) is 1.52. The summed E-state index contributed by atoms with van der Waals surface area (Å²) < 4.78 is 5.84. The summed E-state index contributed by atoms with van der Waals surface area (Å²) in [7, 11) is 0. The fourth-order valence-corrected chi connectivity index (χ4v) is 3.13. The van der Waals surface area contributed by atoms with E-state index in [4.69, 9.17) is 10.5 Å². The minimum Gasteiger partial charge on any atom is -0.457 e. The predicted octanol–water partition coefficient (Wildman–Crippen LogP) is 5.75. The Labute approximate surface area is 176 Å². The third-order valence-electron chi connectivity index (χ3n) is 4.60. The molecule has 0 bridgehead atoms. The zero-order chi connectivity index (χ0) is 20.8. The number of nitrogens with zero attached hydrogens (tertiary/aromatic N) is 3. The summed E-state index contributed by atoms with van der Waals surface area (Å²) in [6, 6.07) is 27.4. The Morgan fingerprint density at radius 2 is 1.47 bits per heavy atom. The average molecular weight is 397 g/mol. The van der Waals surface area contributed by atoms with E-state index in [-0.39, 0.29) is 0 Å². The van der Waals surface area contributed by atoms with Gasteiger partial charge in [-0.1, -0.05) is 36.4 Å². The molecule has 0 atom stereocenters. The Balaban J connectivity index is 1.53. The normalized spacial score (nSPS) is 10.4. The largest absolute Gasteiger partial charge is 0.457 e. The van der Waals surface area contributed by atoms with Gasteiger partial charge in [0, 0.05) is 17.9 Å². The molecule has 0 radical (unpaired) electrons. The summed E-state index contributed by atoms with van der Waals surface area (Å²) in [6.45, 7) is 2.79. The Kier molecular flexibility index (Phi) is 5.75. The zero-order valence-electron chi connectivity index (χ0n) is 16.7. The lowest BCUT2D eigenvalue weighted by molar-refractivity contribution is 0.483. The number of hydrogen-bond donors (Lipinski definition) is 2. The Hall–Kier alpha value is -4.06. The third kappa shape index (κ3) is 4.33. The number of ether oxygens (including phenoxy) is 1. The molecule has 150 valence electrons. The van der Waals surface area contributed by atoms with E-state index >= 15 is 0 Å². The number of benzene rings is 3. The van der Waals surface area contributed by atoms with E-state index in [0.717, 1.165) is 29.4 Å². The van der Waals surface area contributed by atoms with Gasteiger partial charge in [0.15, 0.2) is 11.6 Å². The first-order valence-corrected chi connectivity index (χ1v) is 9.77. The minimum absolute atomic E-state index is 0.493. The predicted molar refractivity (Wildman–Crippen MR) is 122 cm³/mol. The van der Waals surface area contributed by atoms with E-state index < -0.39 is 0 Å². The number of para-hydroxylation sites is 2. The second kappa shape index (κ2) is 8.96. The van der Waals surface area contributed by atoms with Crippen LogP contribution in [-0.4, -0.2) is 16.5 Å². The van der Waals surface area contributed by atoms with Gasteiger partial charge in [0.2, 0.25) is 0 Å². The average Bonchev–Trinajstić information content (AvgIpc) is 2.79. The molecule has 30 heavy (non-hydrogen) atoms. The van der Waals surface area contributed by atoms with Crippen LogP contribution in [0, 0.1) is 0 Å². The summed E-state index contributed by atoms with van der Waals surface area (Å²) in [4.78, 5) is 10.8. The van der Waals surface area contributed by atoms with Gasteiger partial charge in [0.1, 0.15) is 23.5 Å². The van der Waals surface area contributed by atoms with Crippen LogP contribution in [0.4, 0.5) is 28.7 Å². The van der Waals surface area contributed by atoms with Crippen molar-refractivity contribution in [3.05, 3.63) is 91.3 Å². The highest BCUT2D eigenvalue weighted by Crippen LogP contribution is 2.33. The minimum atomic E-state index is 0.493. The fraction of sp³-hybridized carbons (Fsp3) is 0.0833. The molecule has 0 aliphatic carbocycles. The monoisotopic (exact) mass is 397 g/mol. The molecule has 0 amide bonds. The van der Waals surface area contributed by atoms with Gasteiger partial charge in [0.05, 0.1) is 0 Å². The van der Waals surface area contributed by atoms with Crippen LogP contribution in [-0.2, 0) is 0 Å². The number of rotatable bonds is 7. The quantitative estimate of drug-likeness (QED) is 0.413. The Morgan fingerprint density at radius 3 is 2.13 bits per heavy atom. The molecule has 0 fully saturated rings. The van der Waals surface area contributed by atoms with Gasteiger partial charge in [0.25, 0.3) is 0 Å². The van der Waals surface area contributed by atoms with Gasteiger partial charge in [-0.25, -0.2) is 9.97 Å². The highest BCUT2D eigenvalue weighted by atomic mass is 16.5. The molecule has 0 spiro atoms. The molecular formula is C24H23N5O. The van der Waals surface area contributed by atoms with E-state index in [2.05, 4.69) is 27.1 Å². The van der Waals surface area contributed by atoms with Crippen LogP contribution < -0.4 is 20.7 Å². The SMILES string of the molecule is CCN(c1ccccc1)c1ncnc(Nc2ccc(Oc3ccccc3)cc2)c1N. The standard InChI is InChI=1S/C24H23N5O/c1-2-29(19-9-5-3-6-10-19)24-22(25)23(26-17-27-24)28-18-13-15-21(16-14-18)30-20-11-7-4-8-12-20/h3-17H,2,25H2,1H3,(H,26,27,28). The first kappa shape index (κ1) is 19.3. The topological polar surface area (TPSA) is 76.3 Å². The van der Waals surface area contributed by atoms with Crippen molar-refractivity contribution in [1.82, 2.24) is 9.97 Å². The maximum Gasteiger partial charge on any atom is 0.161 e. The number of nitrogen functional groups attached to an aromatic ring is 1. The molecule has 3 N–H and O–H groups in total. The van der Waals surface area contributed by atoms with Gasteiger partial charge in [-0.2, -0.15) is 0 Å². The van der Waals surface area contributed by atoms with Crippen LogP contribution in [0.25, 0.3) is 0 Å². The van der Waals surface area contributed by atoms with E-state index in [9.17, 15) is 0 Å². The maximum atomic E-state index is 6.42. The van der Waals surface area contributed by atoms with Crippen LogP contribution in [0.5, 0.6) is 11.5 Å². The van der Waals surface area contributed by atoms with E-state index in [1.54, 1.807) is 0 Å². The summed E-state index contributed by atoms with van der Waals surface area (Å²) in [5.41, 5.74) is 8.80. The zero-order valence-corrected chi connectivity index (χ0v) is 16.7. The van der Waals surface area contributed by atoms with Crippen molar-refractivity contribution in [3.63, 3.8) is 0 Å². The lowest BCUT2D eigenvalue weighted by Crippen LogP contribution is -2.19. The lowest BCUT2D eigenvalue weighted by atomic mass is 10.2. The van der Waals surface area contributed by atoms with Gasteiger partial charge in [-0.15, -0.1) is 0 Å². The van der Waals surface area contributed by atoms with Crippen LogP contribution in [0.3, 0.4) is 0 Å². The molecule has 0 aliphatic heterocycles. The Morgan fingerprint density at radius 1 is 0.833 bits per heavy atom. The molecule has 0 saturated heterocycles. The number of anilines is 5. The van der Waals surface area contributed by atoms with Crippen molar-refractivity contribution in [2.45, 2.75) is 6.92 Å². The first-order chi connectivity index (χ1) is 14.7. The van der Waals surface area contributed by atoms with Crippen molar-refractivity contribution in [2.75, 3.05) is 22.5 Å².